The summed E-state index contributed by atoms with van der Waals surface area (Å²) in [6.07, 6.45) is 5.86. The second-order valence-corrected chi connectivity index (χ2v) is 8.54. The number of carbonyl (C=O) groups is 1. The van der Waals surface area contributed by atoms with Gasteiger partial charge in [-0.05, 0) is 74.2 Å². The first-order valence-electron chi connectivity index (χ1n) is 8.88. The molecule has 4 saturated carbocycles. The number of aliphatic carboxylic acids is 1. The van der Waals surface area contributed by atoms with Crippen LogP contribution in [-0.4, -0.2) is 21.8 Å². The number of aliphatic hydroxyl groups is 1. The van der Waals surface area contributed by atoms with Gasteiger partial charge in [-0.3, -0.25) is 4.79 Å². The molecule has 0 heterocycles. The van der Waals surface area contributed by atoms with E-state index in [0.29, 0.717) is 17.8 Å². The Morgan fingerprint density at radius 1 is 1.22 bits per heavy atom. The van der Waals surface area contributed by atoms with Crippen molar-refractivity contribution in [2.24, 2.45) is 23.2 Å². The lowest BCUT2D eigenvalue weighted by Crippen LogP contribution is -2.61. The monoisotopic (exact) mass is 314 g/mol. The minimum absolute atomic E-state index is 0.164. The first kappa shape index (κ1) is 15.2. The van der Waals surface area contributed by atoms with Gasteiger partial charge in [-0.15, -0.1) is 0 Å². The highest BCUT2D eigenvalue weighted by molar-refractivity contribution is 5.68. The summed E-state index contributed by atoms with van der Waals surface area (Å²) in [7, 11) is 0. The Morgan fingerprint density at radius 2 is 1.91 bits per heavy atom. The fourth-order valence-electron chi connectivity index (χ4n) is 6.27. The zero-order valence-electron chi connectivity index (χ0n) is 13.8. The average Bonchev–Trinajstić information content (AvgIpc) is 2.42. The Bertz CT molecular complexity index is 620. The summed E-state index contributed by atoms with van der Waals surface area (Å²) in [6, 6.07) is 8.50. The van der Waals surface area contributed by atoms with Gasteiger partial charge in [-0.1, -0.05) is 29.8 Å². The molecule has 1 aromatic rings. The maximum Gasteiger partial charge on any atom is 0.303 e. The molecule has 0 spiro atoms. The van der Waals surface area contributed by atoms with E-state index in [1.165, 1.54) is 11.1 Å². The van der Waals surface area contributed by atoms with Gasteiger partial charge in [0.15, 0.2) is 0 Å². The Hall–Kier alpha value is -1.35. The van der Waals surface area contributed by atoms with Crippen molar-refractivity contribution >= 4 is 5.97 Å². The molecule has 3 heteroatoms. The molecule has 0 amide bonds. The molecule has 0 radical (unpaired) electrons. The van der Waals surface area contributed by atoms with Gasteiger partial charge in [0.2, 0.25) is 0 Å². The van der Waals surface area contributed by atoms with E-state index in [0.717, 1.165) is 38.5 Å². The van der Waals surface area contributed by atoms with Gasteiger partial charge in [-0.2, -0.15) is 0 Å². The Labute approximate surface area is 137 Å². The first-order valence-corrected chi connectivity index (χ1v) is 8.88. The molecule has 124 valence electrons. The average molecular weight is 314 g/mol. The highest BCUT2D eigenvalue weighted by Crippen LogP contribution is 2.65. The van der Waals surface area contributed by atoms with E-state index in [4.69, 9.17) is 0 Å². The third-order valence-corrected chi connectivity index (χ3v) is 6.88. The van der Waals surface area contributed by atoms with Gasteiger partial charge >= 0.3 is 5.97 Å². The Morgan fingerprint density at radius 3 is 2.48 bits per heavy atom. The van der Waals surface area contributed by atoms with Crippen LogP contribution in [-0.2, 0) is 11.2 Å². The molecule has 5 rings (SSSR count). The molecule has 2 unspecified atom stereocenters. The lowest BCUT2D eigenvalue weighted by Gasteiger charge is -2.64. The zero-order valence-corrected chi connectivity index (χ0v) is 13.8. The van der Waals surface area contributed by atoms with Crippen molar-refractivity contribution in [3.8, 4) is 0 Å². The summed E-state index contributed by atoms with van der Waals surface area (Å²) >= 11 is 0. The van der Waals surface area contributed by atoms with Crippen molar-refractivity contribution in [1.29, 1.82) is 0 Å². The van der Waals surface area contributed by atoms with E-state index in [9.17, 15) is 15.0 Å². The fourth-order valence-corrected chi connectivity index (χ4v) is 6.27. The molecule has 0 aromatic heterocycles. The van der Waals surface area contributed by atoms with E-state index < -0.39 is 11.6 Å². The second-order valence-electron chi connectivity index (χ2n) is 8.54. The van der Waals surface area contributed by atoms with E-state index in [2.05, 4.69) is 31.2 Å². The summed E-state index contributed by atoms with van der Waals surface area (Å²) in [6.45, 7) is 2.09. The van der Waals surface area contributed by atoms with Crippen LogP contribution in [0.4, 0.5) is 0 Å². The number of carboxylic acid groups (broad SMARTS) is 1. The van der Waals surface area contributed by atoms with Crippen LogP contribution in [0.2, 0.25) is 0 Å². The standard InChI is InChI=1S/C20H26O3/c1-13-3-2-4-14(5-13)9-20(12-18(21)22)16-6-15-7-17(20)11-19(23,8-15)10-16/h2-5,15-17,23H,6-12H2,1H3,(H,21,22). The van der Waals surface area contributed by atoms with Gasteiger partial charge in [0, 0.05) is 0 Å². The molecular weight excluding hydrogens is 288 g/mol. The Balaban J connectivity index is 1.71. The van der Waals surface area contributed by atoms with Crippen LogP contribution in [0.25, 0.3) is 0 Å². The Kier molecular flexibility index (Phi) is 3.35. The van der Waals surface area contributed by atoms with Crippen molar-refractivity contribution < 1.29 is 15.0 Å². The second kappa shape index (κ2) is 5.07. The molecule has 4 bridgehead atoms. The van der Waals surface area contributed by atoms with Gasteiger partial charge in [0.25, 0.3) is 0 Å². The van der Waals surface area contributed by atoms with E-state index >= 15 is 0 Å². The molecule has 1 aromatic carbocycles. The molecule has 2 N–H and O–H groups in total. The predicted octanol–water partition coefficient (Wildman–Crippen LogP) is 3.57. The van der Waals surface area contributed by atoms with E-state index in [1.807, 2.05) is 0 Å². The summed E-state index contributed by atoms with van der Waals surface area (Å²) < 4.78 is 0. The third-order valence-electron chi connectivity index (χ3n) is 6.88. The number of hydrogen-bond acceptors (Lipinski definition) is 2. The van der Waals surface area contributed by atoms with Crippen LogP contribution >= 0.6 is 0 Å². The van der Waals surface area contributed by atoms with Crippen LogP contribution in [0, 0.1) is 30.1 Å². The van der Waals surface area contributed by atoms with Crippen molar-refractivity contribution in [2.45, 2.75) is 57.5 Å². The van der Waals surface area contributed by atoms with Crippen LogP contribution in [0.5, 0.6) is 0 Å². The molecule has 23 heavy (non-hydrogen) atoms. The number of benzene rings is 1. The van der Waals surface area contributed by atoms with Crippen LogP contribution in [0.3, 0.4) is 0 Å². The maximum atomic E-state index is 11.7. The third kappa shape index (κ3) is 2.50. The SMILES string of the molecule is Cc1cccc(CC2(CC(=O)O)C3CC4CC2CC(O)(C4)C3)c1. The van der Waals surface area contributed by atoms with Gasteiger partial charge in [-0.25, -0.2) is 0 Å². The molecule has 2 atom stereocenters. The van der Waals surface area contributed by atoms with Crippen LogP contribution < -0.4 is 0 Å². The van der Waals surface area contributed by atoms with Gasteiger partial charge in [0.05, 0.1) is 12.0 Å². The van der Waals surface area contributed by atoms with Crippen molar-refractivity contribution in [3.05, 3.63) is 35.4 Å². The van der Waals surface area contributed by atoms with E-state index in [-0.39, 0.29) is 11.8 Å². The molecule has 0 saturated heterocycles. The predicted molar refractivity (Wildman–Crippen MR) is 88.1 cm³/mol. The molecule has 4 fully saturated rings. The minimum Gasteiger partial charge on any atom is -0.481 e. The highest BCUT2D eigenvalue weighted by atomic mass is 16.4. The van der Waals surface area contributed by atoms with Crippen molar-refractivity contribution in [2.75, 3.05) is 0 Å². The smallest absolute Gasteiger partial charge is 0.303 e. The number of rotatable bonds is 4. The van der Waals surface area contributed by atoms with Crippen molar-refractivity contribution in [1.82, 2.24) is 0 Å². The largest absolute Gasteiger partial charge is 0.481 e. The summed E-state index contributed by atoms with van der Waals surface area (Å²) in [5, 5.41) is 20.4. The summed E-state index contributed by atoms with van der Waals surface area (Å²) in [5.41, 5.74) is 1.81. The maximum absolute atomic E-state index is 11.7. The number of hydrogen-bond donors (Lipinski definition) is 2. The minimum atomic E-state index is -0.683. The number of aryl methyl sites for hydroxylation is 1. The number of carboxylic acids is 1. The zero-order chi connectivity index (χ0) is 16.2. The lowest BCUT2D eigenvalue weighted by atomic mass is 9.42. The highest BCUT2D eigenvalue weighted by Gasteiger charge is 2.61. The summed E-state index contributed by atoms with van der Waals surface area (Å²) in [4.78, 5) is 11.7. The molecule has 3 nitrogen and oxygen atoms in total. The fraction of sp³-hybridized carbons (Fsp3) is 0.650. The van der Waals surface area contributed by atoms with Gasteiger partial charge in [0.1, 0.15) is 0 Å². The lowest BCUT2D eigenvalue weighted by molar-refractivity contribution is -0.198. The quantitative estimate of drug-likeness (QED) is 0.893. The molecule has 4 aliphatic rings. The van der Waals surface area contributed by atoms with E-state index in [1.54, 1.807) is 0 Å². The van der Waals surface area contributed by atoms with Gasteiger partial charge < -0.3 is 10.2 Å². The molecule has 4 aliphatic carbocycles. The van der Waals surface area contributed by atoms with Crippen LogP contribution in [0.1, 0.15) is 49.7 Å². The molecule has 0 aliphatic heterocycles. The normalized spacial score (nSPS) is 41.2. The molecular formula is C20H26O3. The van der Waals surface area contributed by atoms with Crippen LogP contribution in [0.15, 0.2) is 24.3 Å². The summed E-state index contributed by atoms with van der Waals surface area (Å²) in [5.74, 6) is 0.639. The topological polar surface area (TPSA) is 57.5 Å². The van der Waals surface area contributed by atoms with Crippen molar-refractivity contribution in [3.63, 3.8) is 0 Å². The first-order chi connectivity index (χ1) is 10.9.